The zero-order chi connectivity index (χ0) is 24.2. The van der Waals surface area contributed by atoms with Crippen LogP contribution in [0.2, 0.25) is 5.02 Å². The van der Waals surface area contributed by atoms with Crippen molar-refractivity contribution in [3.05, 3.63) is 58.5 Å². The third kappa shape index (κ3) is 6.33. The number of hydrogen-bond donors (Lipinski definition) is 0. The first-order valence-electron chi connectivity index (χ1n) is 10.3. The van der Waals surface area contributed by atoms with Gasteiger partial charge in [0.2, 0.25) is 5.88 Å². The van der Waals surface area contributed by atoms with E-state index in [1.807, 2.05) is 0 Å². The number of carbonyl (C=O) groups excluding carboxylic acids is 2. The van der Waals surface area contributed by atoms with Crippen molar-refractivity contribution in [1.29, 1.82) is 0 Å². The van der Waals surface area contributed by atoms with Gasteiger partial charge < -0.3 is 23.8 Å². The van der Waals surface area contributed by atoms with Crippen LogP contribution in [0.1, 0.15) is 42.8 Å². The first kappa shape index (κ1) is 24.7. The van der Waals surface area contributed by atoms with Gasteiger partial charge in [-0.15, -0.1) is 0 Å². The van der Waals surface area contributed by atoms with Gasteiger partial charge in [0.05, 0.1) is 25.3 Å². The molecule has 10 heteroatoms. The van der Waals surface area contributed by atoms with E-state index in [0.717, 1.165) is 0 Å². The summed E-state index contributed by atoms with van der Waals surface area (Å²) < 4.78 is 36.6. The second-order valence-electron chi connectivity index (χ2n) is 8.40. The molecule has 0 bridgehead atoms. The van der Waals surface area contributed by atoms with Gasteiger partial charge in [-0.05, 0) is 50.6 Å². The van der Waals surface area contributed by atoms with E-state index in [1.165, 1.54) is 36.4 Å². The zero-order valence-corrected chi connectivity index (χ0v) is 19.6. The lowest BCUT2D eigenvalue weighted by molar-refractivity contribution is -0.0128. The van der Waals surface area contributed by atoms with E-state index in [0.29, 0.717) is 5.56 Å². The molecule has 0 aliphatic carbocycles. The Kier molecular flexibility index (Phi) is 7.76. The van der Waals surface area contributed by atoms with Gasteiger partial charge >= 0.3 is 12.1 Å². The topological polar surface area (TPSA) is 87.2 Å². The summed E-state index contributed by atoms with van der Waals surface area (Å²) in [5.41, 5.74) is -0.129. The van der Waals surface area contributed by atoms with Crippen LogP contribution in [0.3, 0.4) is 0 Å². The number of pyridine rings is 1. The van der Waals surface area contributed by atoms with Gasteiger partial charge in [-0.2, -0.15) is 0 Å². The van der Waals surface area contributed by atoms with Crippen LogP contribution in [0.5, 0.6) is 5.88 Å². The molecule has 2 atom stereocenters. The van der Waals surface area contributed by atoms with Crippen molar-refractivity contribution in [2.45, 2.75) is 38.6 Å². The number of nitrogens with zero attached hydrogens (tertiary/aromatic N) is 2. The summed E-state index contributed by atoms with van der Waals surface area (Å²) in [5.74, 6) is -1.24. The summed E-state index contributed by atoms with van der Waals surface area (Å²) in [6.45, 7) is 5.73. The van der Waals surface area contributed by atoms with Crippen LogP contribution in [0.4, 0.5) is 9.18 Å². The molecule has 1 aromatic carbocycles. The summed E-state index contributed by atoms with van der Waals surface area (Å²) in [4.78, 5) is 30.5. The summed E-state index contributed by atoms with van der Waals surface area (Å²) in [7, 11) is 1.25. The molecule has 1 aliphatic rings. The maximum Gasteiger partial charge on any atom is 0.410 e. The lowest BCUT2D eigenvalue weighted by atomic mass is 10.0. The van der Waals surface area contributed by atoms with E-state index in [9.17, 15) is 14.0 Å². The number of ether oxygens (including phenoxy) is 4. The number of methoxy groups -OCH3 is 1. The van der Waals surface area contributed by atoms with Crippen LogP contribution in [-0.4, -0.2) is 60.5 Å². The molecule has 8 nitrogen and oxygen atoms in total. The minimum absolute atomic E-state index is 0.00317. The Morgan fingerprint density at radius 1 is 1.27 bits per heavy atom. The van der Waals surface area contributed by atoms with Gasteiger partial charge in [-0.3, -0.25) is 0 Å². The van der Waals surface area contributed by atoms with Crippen LogP contribution < -0.4 is 4.74 Å². The SMILES string of the molecule is COC(=O)c1cccnc1OC1CN(C(=O)OC(C)(C)C)CCOC1c1ccc(Cl)c(F)c1. The van der Waals surface area contributed by atoms with E-state index < -0.39 is 35.7 Å². The Morgan fingerprint density at radius 3 is 2.70 bits per heavy atom. The lowest BCUT2D eigenvalue weighted by Gasteiger charge is -2.30. The number of hydrogen-bond acceptors (Lipinski definition) is 7. The van der Waals surface area contributed by atoms with Gasteiger partial charge in [0, 0.05) is 12.7 Å². The minimum atomic E-state index is -0.848. The molecular formula is C23H26ClFN2O6. The van der Waals surface area contributed by atoms with Crippen LogP contribution >= 0.6 is 11.6 Å². The van der Waals surface area contributed by atoms with Crippen molar-refractivity contribution in [2.24, 2.45) is 0 Å². The molecule has 0 saturated carbocycles. The fourth-order valence-corrected chi connectivity index (χ4v) is 3.40. The highest BCUT2D eigenvalue weighted by molar-refractivity contribution is 6.30. The third-order valence-electron chi connectivity index (χ3n) is 4.76. The van der Waals surface area contributed by atoms with Crippen molar-refractivity contribution in [2.75, 3.05) is 26.8 Å². The molecule has 1 aromatic heterocycles. The number of rotatable bonds is 4. The molecule has 0 spiro atoms. The average Bonchev–Trinajstić information content (AvgIpc) is 2.97. The smallest absolute Gasteiger partial charge is 0.410 e. The van der Waals surface area contributed by atoms with Crippen molar-refractivity contribution < 1.29 is 32.9 Å². The molecule has 2 aromatic rings. The first-order chi connectivity index (χ1) is 15.6. The van der Waals surface area contributed by atoms with Crippen molar-refractivity contribution >= 4 is 23.7 Å². The summed E-state index contributed by atoms with van der Waals surface area (Å²) in [5, 5.41) is -0.0297. The van der Waals surface area contributed by atoms with Crippen LogP contribution in [-0.2, 0) is 14.2 Å². The molecular weight excluding hydrogens is 455 g/mol. The maximum atomic E-state index is 14.2. The Bertz CT molecular complexity index is 1010. The molecule has 1 fully saturated rings. The van der Waals surface area contributed by atoms with Crippen molar-refractivity contribution in [1.82, 2.24) is 9.88 Å². The molecule has 33 heavy (non-hydrogen) atoms. The molecule has 1 amide bonds. The van der Waals surface area contributed by atoms with Crippen molar-refractivity contribution in [3.8, 4) is 5.88 Å². The van der Waals surface area contributed by atoms with E-state index >= 15 is 0 Å². The normalized spacial score (nSPS) is 18.9. The first-order valence-corrected chi connectivity index (χ1v) is 10.7. The molecule has 3 rings (SSSR count). The van der Waals surface area contributed by atoms with E-state index in [2.05, 4.69) is 4.98 Å². The number of halogens is 2. The third-order valence-corrected chi connectivity index (χ3v) is 5.07. The largest absolute Gasteiger partial charge is 0.469 e. The molecule has 2 unspecified atom stereocenters. The molecule has 2 heterocycles. The quantitative estimate of drug-likeness (QED) is 0.599. The van der Waals surface area contributed by atoms with Gasteiger partial charge in [-0.1, -0.05) is 17.7 Å². The average molecular weight is 481 g/mol. The van der Waals surface area contributed by atoms with Crippen LogP contribution in [0.15, 0.2) is 36.5 Å². The van der Waals surface area contributed by atoms with Crippen LogP contribution in [0, 0.1) is 5.82 Å². The number of esters is 1. The molecule has 0 N–H and O–H groups in total. The van der Waals surface area contributed by atoms with Crippen LogP contribution in [0.25, 0.3) is 0 Å². The predicted octanol–water partition coefficient (Wildman–Crippen LogP) is 4.42. The molecule has 1 aliphatic heterocycles. The van der Waals surface area contributed by atoms with Gasteiger partial charge in [0.1, 0.15) is 29.2 Å². The van der Waals surface area contributed by atoms with E-state index in [-0.39, 0.29) is 36.2 Å². The lowest BCUT2D eigenvalue weighted by Crippen LogP contribution is -2.43. The zero-order valence-electron chi connectivity index (χ0n) is 18.8. The summed E-state index contributed by atoms with van der Waals surface area (Å²) in [6, 6.07) is 7.38. The molecule has 0 radical (unpaired) electrons. The number of amides is 1. The van der Waals surface area contributed by atoms with Gasteiger partial charge in [-0.25, -0.2) is 19.0 Å². The summed E-state index contributed by atoms with van der Waals surface area (Å²) in [6.07, 6.45) is -0.713. The molecule has 1 saturated heterocycles. The minimum Gasteiger partial charge on any atom is -0.469 e. The van der Waals surface area contributed by atoms with Gasteiger partial charge in [0.25, 0.3) is 0 Å². The number of carbonyl (C=O) groups is 2. The fraction of sp³-hybridized carbons (Fsp3) is 0.435. The highest BCUT2D eigenvalue weighted by Gasteiger charge is 2.36. The Labute approximate surface area is 196 Å². The fourth-order valence-electron chi connectivity index (χ4n) is 3.29. The second-order valence-corrected chi connectivity index (χ2v) is 8.80. The maximum absolute atomic E-state index is 14.2. The number of aromatic nitrogens is 1. The Morgan fingerprint density at radius 2 is 2.03 bits per heavy atom. The Balaban J connectivity index is 1.96. The van der Waals surface area contributed by atoms with Crippen molar-refractivity contribution in [3.63, 3.8) is 0 Å². The Hall–Kier alpha value is -2.91. The van der Waals surface area contributed by atoms with Gasteiger partial charge in [0.15, 0.2) is 0 Å². The number of benzene rings is 1. The predicted molar refractivity (Wildman–Crippen MR) is 118 cm³/mol. The monoisotopic (exact) mass is 480 g/mol. The van der Waals surface area contributed by atoms with E-state index in [1.54, 1.807) is 32.9 Å². The van der Waals surface area contributed by atoms with E-state index in [4.69, 9.17) is 30.5 Å². The highest BCUT2D eigenvalue weighted by atomic mass is 35.5. The standard InChI is InChI=1S/C23H26ClFN2O6/c1-23(2,3)33-22(29)27-10-11-31-19(14-7-8-16(24)17(25)12-14)18(13-27)32-20-15(21(28)30-4)6-5-9-26-20/h5-9,12,18-19H,10-11,13H2,1-4H3. The molecule has 178 valence electrons. The highest BCUT2D eigenvalue weighted by Crippen LogP contribution is 2.31. The summed E-state index contributed by atoms with van der Waals surface area (Å²) >= 11 is 5.84. The second kappa shape index (κ2) is 10.4.